The highest BCUT2D eigenvalue weighted by Gasteiger charge is 2.14. The molecule has 0 aliphatic carbocycles. The standard InChI is InChI=1S/C12H9BrClN3O2S/c1-6(17-19)9-5-20-12(15-9)16-11(18)7-3-2-4-8(13)10(7)14/h2-5,19H,1H3,(H,15,16,18)/b17-6-. The van der Waals surface area contributed by atoms with Gasteiger partial charge in [0.2, 0.25) is 0 Å². The van der Waals surface area contributed by atoms with Crippen molar-refractivity contribution in [3.8, 4) is 0 Å². The van der Waals surface area contributed by atoms with Crippen LogP contribution in [-0.4, -0.2) is 21.8 Å². The Hall–Kier alpha value is -1.44. The summed E-state index contributed by atoms with van der Waals surface area (Å²) >= 11 is 10.6. The van der Waals surface area contributed by atoms with Crippen LogP contribution >= 0.6 is 38.9 Å². The molecule has 0 fully saturated rings. The van der Waals surface area contributed by atoms with Crippen molar-refractivity contribution >= 4 is 55.6 Å². The summed E-state index contributed by atoms with van der Waals surface area (Å²) in [6, 6.07) is 5.10. The minimum Gasteiger partial charge on any atom is -0.411 e. The monoisotopic (exact) mass is 373 g/mol. The number of nitrogens with zero attached hydrogens (tertiary/aromatic N) is 2. The Morgan fingerprint density at radius 3 is 3.00 bits per heavy atom. The van der Waals surface area contributed by atoms with E-state index in [0.29, 0.717) is 31.6 Å². The molecule has 0 unspecified atom stereocenters. The van der Waals surface area contributed by atoms with Crippen LogP contribution in [0.1, 0.15) is 23.0 Å². The fraction of sp³-hybridized carbons (Fsp3) is 0.0833. The molecule has 20 heavy (non-hydrogen) atoms. The van der Waals surface area contributed by atoms with Crippen molar-refractivity contribution in [1.29, 1.82) is 0 Å². The van der Waals surface area contributed by atoms with Gasteiger partial charge in [-0.25, -0.2) is 4.98 Å². The van der Waals surface area contributed by atoms with E-state index in [-0.39, 0.29) is 5.91 Å². The van der Waals surface area contributed by atoms with Crippen molar-refractivity contribution in [2.45, 2.75) is 6.92 Å². The molecule has 1 amide bonds. The summed E-state index contributed by atoms with van der Waals surface area (Å²) in [5.74, 6) is -0.351. The summed E-state index contributed by atoms with van der Waals surface area (Å²) in [6.45, 7) is 1.62. The highest BCUT2D eigenvalue weighted by Crippen LogP contribution is 2.27. The topological polar surface area (TPSA) is 74.6 Å². The quantitative estimate of drug-likeness (QED) is 0.484. The molecule has 0 spiro atoms. The van der Waals surface area contributed by atoms with E-state index in [9.17, 15) is 4.79 Å². The van der Waals surface area contributed by atoms with Crippen molar-refractivity contribution in [2.24, 2.45) is 5.16 Å². The van der Waals surface area contributed by atoms with Crippen LogP contribution in [0.15, 0.2) is 33.2 Å². The summed E-state index contributed by atoms with van der Waals surface area (Å²) in [4.78, 5) is 16.2. The number of anilines is 1. The van der Waals surface area contributed by atoms with E-state index in [4.69, 9.17) is 16.8 Å². The number of halogens is 2. The molecule has 1 aromatic heterocycles. The van der Waals surface area contributed by atoms with Crippen molar-refractivity contribution in [3.05, 3.63) is 44.3 Å². The van der Waals surface area contributed by atoms with E-state index in [1.165, 1.54) is 11.3 Å². The molecule has 8 heteroatoms. The number of carbonyl (C=O) groups excluding carboxylic acids is 1. The number of rotatable bonds is 3. The van der Waals surface area contributed by atoms with Crippen molar-refractivity contribution in [1.82, 2.24) is 4.98 Å². The number of benzene rings is 1. The lowest BCUT2D eigenvalue weighted by molar-refractivity contribution is 0.102. The highest BCUT2D eigenvalue weighted by molar-refractivity contribution is 9.10. The summed E-state index contributed by atoms with van der Waals surface area (Å²) in [7, 11) is 0. The fourth-order valence-electron chi connectivity index (χ4n) is 1.39. The Labute approximate surface area is 132 Å². The van der Waals surface area contributed by atoms with Crippen molar-refractivity contribution < 1.29 is 10.0 Å². The second-order valence-corrected chi connectivity index (χ2v) is 5.87. The number of thiazole rings is 1. The number of amides is 1. The number of oxime groups is 1. The summed E-state index contributed by atoms with van der Waals surface area (Å²) in [5.41, 5.74) is 1.24. The molecule has 104 valence electrons. The first-order chi connectivity index (χ1) is 9.52. The Morgan fingerprint density at radius 2 is 2.30 bits per heavy atom. The molecule has 0 aliphatic rings. The van der Waals surface area contributed by atoms with Crippen molar-refractivity contribution in [2.75, 3.05) is 5.32 Å². The van der Waals surface area contributed by atoms with Crippen LogP contribution in [0.4, 0.5) is 5.13 Å². The van der Waals surface area contributed by atoms with Gasteiger partial charge in [0.1, 0.15) is 11.4 Å². The van der Waals surface area contributed by atoms with E-state index in [1.807, 2.05) is 0 Å². The van der Waals surface area contributed by atoms with Gasteiger partial charge in [0.25, 0.3) is 5.91 Å². The van der Waals surface area contributed by atoms with Crippen LogP contribution in [-0.2, 0) is 0 Å². The van der Waals surface area contributed by atoms with Gasteiger partial charge in [-0.15, -0.1) is 11.3 Å². The number of hydrogen-bond donors (Lipinski definition) is 2. The first-order valence-corrected chi connectivity index (χ1v) is 7.48. The molecule has 0 saturated carbocycles. The smallest absolute Gasteiger partial charge is 0.258 e. The Balaban J connectivity index is 2.20. The van der Waals surface area contributed by atoms with Gasteiger partial charge in [0.15, 0.2) is 5.13 Å². The second-order valence-electron chi connectivity index (χ2n) is 3.78. The van der Waals surface area contributed by atoms with Gasteiger partial charge in [-0.2, -0.15) is 0 Å². The van der Waals surface area contributed by atoms with E-state index >= 15 is 0 Å². The third-order valence-corrected chi connectivity index (χ3v) is 4.50. The van der Waals surface area contributed by atoms with Gasteiger partial charge < -0.3 is 5.21 Å². The van der Waals surface area contributed by atoms with Gasteiger partial charge in [0, 0.05) is 9.85 Å². The first kappa shape index (κ1) is 15.0. The van der Waals surface area contributed by atoms with Gasteiger partial charge in [-0.3, -0.25) is 10.1 Å². The number of carbonyl (C=O) groups is 1. The lowest BCUT2D eigenvalue weighted by Crippen LogP contribution is -2.12. The fourth-order valence-corrected chi connectivity index (χ4v) is 2.72. The second kappa shape index (κ2) is 6.34. The van der Waals surface area contributed by atoms with Crippen LogP contribution in [0.3, 0.4) is 0 Å². The van der Waals surface area contributed by atoms with Gasteiger partial charge >= 0.3 is 0 Å². The molecule has 5 nitrogen and oxygen atoms in total. The maximum absolute atomic E-state index is 12.1. The molecule has 2 aromatic rings. The highest BCUT2D eigenvalue weighted by atomic mass is 79.9. The molecule has 0 radical (unpaired) electrons. The molecular weight excluding hydrogens is 366 g/mol. The molecule has 0 aliphatic heterocycles. The predicted molar refractivity (Wildman–Crippen MR) is 83.2 cm³/mol. The van der Waals surface area contributed by atoms with Gasteiger partial charge in [-0.05, 0) is 35.0 Å². The zero-order valence-corrected chi connectivity index (χ0v) is 13.4. The van der Waals surface area contributed by atoms with E-state index in [1.54, 1.807) is 30.5 Å². The zero-order valence-electron chi connectivity index (χ0n) is 10.2. The molecule has 1 aromatic carbocycles. The maximum atomic E-state index is 12.1. The molecule has 1 heterocycles. The van der Waals surface area contributed by atoms with Crippen LogP contribution < -0.4 is 5.32 Å². The maximum Gasteiger partial charge on any atom is 0.258 e. The summed E-state index contributed by atoms with van der Waals surface area (Å²) < 4.78 is 0.648. The predicted octanol–water partition coefficient (Wildman–Crippen LogP) is 4.01. The lowest BCUT2D eigenvalue weighted by atomic mass is 10.2. The first-order valence-electron chi connectivity index (χ1n) is 5.43. The van der Waals surface area contributed by atoms with Crippen LogP contribution in [0.25, 0.3) is 0 Å². The summed E-state index contributed by atoms with van der Waals surface area (Å²) in [5, 5.41) is 16.8. The van der Waals surface area contributed by atoms with Crippen molar-refractivity contribution in [3.63, 3.8) is 0 Å². The SMILES string of the molecule is C/C(=N/O)c1csc(NC(=O)c2cccc(Br)c2Cl)n1. The largest absolute Gasteiger partial charge is 0.411 e. The van der Waals surface area contributed by atoms with E-state index < -0.39 is 0 Å². The third kappa shape index (κ3) is 3.17. The molecule has 0 bridgehead atoms. The lowest BCUT2D eigenvalue weighted by Gasteiger charge is -2.05. The molecule has 2 rings (SSSR count). The van der Waals surface area contributed by atoms with Crippen LogP contribution in [0, 0.1) is 0 Å². The van der Waals surface area contributed by atoms with E-state index in [0.717, 1.165) is 0 Å². The number of hydrogen-bond acceptors (Lipinski definition) is 5. The number of aromatic nitrogens is 1. The molecule has 2 N–H and O–H groups in total. The average Bonchev–Trinajstić information content (AvgIpc) is 2.89. The van der Waals surface area contributed by atoms with Gasteiger partial charge in [0.05, 0.1) is 10.6 Å². The van der Waals surface area contributed by atoms with Crippen LogP contribution in [0.5, 0.6) is 0 Å². The normalized spacial score (nSPS) is 11.4. The molecular formula is C12H9BrClN3O2S. The number of nitrogens with one attached hydrogen (secondary N) is 1. The minimum absolute atomic E-state index is 0.342. The third-order valence-electron chi connectivity index (χ3n) is 2.44. The van der Waals surface area contributed by atoms with Crippen LogP contribution in [0.2, 0.25) is 5.02 Å². The molecule has 0 saturated heterocycles. The van der Waals surface area contributed by atoms with E-state index in [2.05, 4.69) is 31.4 Å². The Kier molecular flexibility index (Phi) is 4.74. The summed E-state index contributed by atoms with van der Waals surface area (Å²) in [6.07, 6.45) is 0. The minimum atomic E-state index is -0.351. The average molecular weight is 375 g/mol. The van der Waals surface area contributed by atoms with Gasteiger partial charge in [-0.1, -0.05) is 22.8 Å². The zero-order chi connectivity index (χ0) is 14.7. The molecule has 0 atom stereocenters. The Morgan fingerprint density at radius 1 is 1.55 bits per heavy atom. The Bertz CT molecular complexity index is 687.